The van der Waals surface area contributed by atoms with Crippen molar-refractivity contribution in [2.24, 2.45) is 5.10 Å². The minimum Gasteiger partial charge on any atom is -0.493 e. The summed E-state index contributed by atoms with van der Waals surface area (Å²) in [6.45, 7) is 0.439. The maximum absolute atomic E-state index is 12.1. The minimum atomic E-state index is -0.261. The van der Waals surface area contributed by atoms with Crippen molar-refractivity contribution in [3.05, 3.63) is 81.4 Å². The zero-order valence-electron chi connectivity index (χ0n) is 17.7. The predicted molar refractivity (Wildman–Crippen MR) is 137 cm³/mol. The van der Waals surface area contributed by atoms with Gasteiger partial charge >= 0.3 is 0 Å². The van der Waals surface area contributed by atoms with E-state index < -0.39 is 0 Å². The van der Waals surface area contributed by atoms with Gasteiger partial charge in [0.05, 0.1) is 22.6 Å². The summed E-state index contributed by atoms with van der Waals surface area (Å²) in [5.74, 6) is 1.13. The fourth-order valence-electron chi connectivity index (χ4n) is 2.94. The molecule has 1 heterocycles. The van der Waals surface area contributed by atoms with Crippen LogP contribution in [-0.2, 0) is 11.4 Å². The number of hydrazone groups is 1. The van der Waals surface area contributed by atoms with Gasteiger partial charge < -0.3 is 13.9 Å². The van der Waals surface area contributed by atoms with Crippen molar-refractivity contribution in [2.45, 2.75) is 11.8 Å². The van der Waals surface area contributed by atoms with E-state index in [4.69, 9.17) is 13.9 Å². The van der Waals surface area contributed by atoms with Gasteiger partial charge in [-0.2, -0.15) is 5.10 Å². The van der Waals surface area contributed by atoms with Crippen molar-refractivity contribution in [3.8, 4) is 11.5 Å². The molecule has 0 aliphatic carbocycles. The molecule has 0 radical (unpaired) electrons. The molecule has 1 aromatic heterocycles. The maximum Gasteiger partial charge on any atom is 0.257 e. The van der Waals surface area contributed by atoms with Crippen molar-refractivity contribution in [1.82, 2.24) is 10.4 Å². The number of fused-ring (bicyclic) bond motifs is 1. The highest BCUT2D eigenvalue weighted by molar-refractivity contribution is 14.1. The molecule has 0 unspecified atom stereocenters. The third-order valence-corrected chi connectivity index (χ3v) is 6.11. The van der Waals surface area contributed by atoms with Crippen LogP contribution >= 0.6 is 34.4 Å². The first-order valence-corrected chi connectivity index (χ1v) is 12.0. The van der Waals surface area contributed by atoms with Crippen LogP contribution in [0.1, 0.15) is 11.1 Å². The van der Waals surface area contributed by atoms with Crippen LogP contribution in [0, 0.1) is 3.57 Å². The number of nitrogens with zero attached hydrogens (tertiary/aromatic N) is 2. The zero-order valence-corrected chi connectivity index (χ0v) is 20.6. The monoisotopic (exact) mass is 573 g/mol. The minimum absolute atomic E-state index is 0.136. The van der Waals surface area contributed by atoms with Crippen LogP contribution in [0.2, 0.25) is 0 Å². The number of oxazole rings is 1. The van der Waals surface area contributed by atoms with Gasteiger partial charge in [-0.1, -0.05) is 54.2 Å². The van der Waals surface area contributed by atoms with Crippen LogP contribution in [0.15, 0.2) is 81.5 Å². The van der Waals surface area contributed by atoms with Crippen LogP contribution in [0.25, 0.3) is 11.1 Å². The number of benzene rings is 3. The first-order chi connectivity index (χ1) is 16.1. The average Bonchev–Trinajstić information content (AvgIpc) is 3.25. The Kier molecular flexibility index (Phi) is 7.84. The van der Waals surface area contributed by atoms with E-state index in [-0.39, 0.29) is 11.7 Å². The third-order valence-electron chi connectivity index (χ3n) is 4.48. The van der Waals surface area contributed by atoms with Crippen LogP contribution in [0.3, 0.4) is 0 Å². The van der Waals surface area contributed by atoms with Crippen molar-refractivity contribution in [3.63, 3.8) is 0 Å². The summed E-state index contributed by atoms with van der Waals surface area (Å²) in [4.78, 5) is 16.5. The number of para-hydroxylation sites is 2. The molecular weight excluding hydrogens is 553 g/mol. The lowest BCUT2D eigenvalue weighted by molar-refractivity contribution is -0.118. The van der Waals surface area contributed by atoms with E-state index in [0.717, 1.165) is 20.2 Å². The molecule has 1 N–H and O–H groups in total. The SMILES string of the molecule is COc1cc(C=NNC(=O)CSc2nc3ccccc3o2)cc(I)c1OCc1ccccc1. The van der Waals surface area contributed by atoms with Gasteiger partial charge in [0.15, 0.2) is 17.1 Å². The fourth-order valence-corrected chi connectivity index (χ4v) is 4.35. The van der Waals surface area contributed by atoms with Crippen LogP contribution in [0.4, 0.5) is 0 Å². The van der Waals surface area contributed by atoms with Crippen LogP contribution in [0.5, 0.6) is 11.5 Å². The highest BCUT2D eigenvalue weighted by Gasteiger charge is 2.12. The first-order valence-electron chi connectivity index (χ1n) is 9.97. The second-order valence-corrected chi connectivity index (χ2v) is 8.93. The Hall–Kier alpha value is -3.05. The number of amides is 1. The number of thioether (sulfide) groups is 1. The Morgan fingerprint density at radius 2 is 1.97 bits per heavy atom. The molecule has 0 atom stereocenters. The number of carbonyl (C=O) groups excluding carboxylic acids is 1. The molecule has 1 amide bonds. The number of hydrogen-bond donors (Lipinski definition) is 1. The molecule has 4 rings (SSSR count). The van der Waals surface area contributed by atoms with E-state index in [0.29, 0.717) is 28.9 Å². The van der Waals surface area contributed by atoms with Crippen molar-refractivity contribution >= 4 is 57.6 Å². The molecular formula is C24H20IN3O4S. The molecule has 0 bridgehead atoms. The van der Waals surface area contributed by atoms with Gasteiger partial charge in [0.25, 0.3) is 11.1 Å². The summed E-state index contributed by atoms with van der Waals surface area (Å²) in [6.07, 6.45) is 1.56. The van der Waals surface area contributed by atoms with E-state index in [9.17, 15) is 4.79 Å². The van der Waals surface area contributed by atoms with Crippen molar-refractivity contribution < 1.29 is 18.7 Å². The zero-order chi connectivity index (χ0) is 23.0. The van der Waals surface area contributed by atoms with Crippen molar-refractivity contribution in [2.75, 3.05) is 12.9 Å². The standard InChI is InChI=1S/C24H20IN3O4S/c1-30-21-12-17(11-18(25)23(21)31-14-16-7-3-2-4-8-16)13-26-28-22(29)15-33-24-27-19-9-5-6-10-20(19)32-24/h2-13H,14-15H2,1H3,(H,28,29). The predicted octanol–water partition coefficient (Wildman–Crippen LogP) is 5.26. The molecule has 3 aromatic carbocycles. The summed E-state index contributed by atoms with van der Waals surface area (Å²) in [6, 6.07) is 21.1. The lowest BCUT2D eigenvalue weighted by Gasteiger charge is -2.13. The molecule has 4 aromatic rings. The van der Waals surface area contributed by atoms with Crippen molar-refractivity contribution in [1.29, 1.82) is 0 Å². The number of halogens is 1. The highest BCUT2D eigenvalue weighted by atomic mass is 127. The van der Waals surface area contributed by atoms with E-state index in [1.807, 2.05) is 66.7 Å². The molecule has 0 spiro atoms. The highest BCUT2D eigenvalue weighted by Crippen LogP contribution is 2.34. The summed E-state index contributed by atoms with van der Waals surface area (Å²) < 4.78 is 17.9. The van der Waals surface area contributed by atoms with Gasteiger partial charge in [-0.3, -0.25) is 4.79 Å². The normalized spacial score (nSPS) is 11.1. The van der Waals surface area contributed by atoms with Gasteiger partial charge in [0.2, 0.25) is 0 Å². The fraction of sp³-hybridized carbons (Fsp3) is 0.125. The second kappa shape index (κ2) is 11.2. The quantitative estimate of drug-likeness (QED) is 0.127. The summed E-state index contributed by atoms with van der Waals surface area (Å²) in [5.41, 5.74) is 5.82. The number of aromatic nitrogens is 1. The van der Waals surface area contributed by atoms with Crippen LogP contribution in [-0.4, -0.2) is 30.0 Å². The van der Waals surface area contributed by atoms with Crippen LogP contribution < -0.4 is 14.9 Å². The van der Waals surface area contributed by atoms with Gasteiger partial charge in [0, 0.05) is 0 Å². The van der Waals surface area contributed by atoms with E-state index in [1.54, 1.807) is 13.3 Å². The molecule has 0 saturated carbocycles. The molecule has 0 fully saturated rings. The first kappa shape index (κ1) is 23.1. The number of methoxy groups -OCH3 is 1. The van der Waals surface area contributed by atoms with Gasteiger partial charge in [-0.15, -0.1) is 0 Å². The average molecular weight is 573 g/mol. The Morgan fingerprint density at radius 1 is 1.18 bits per heavy atom. The number of hydrogen-bond acceptors (Lipinski definition) is 7. The maximum atomic E-state index is 12.1. The van der Waals surface area contributed by atoms with Gasteiger partial charge in [-0.05, 0) is 58.0 Å². The number of nitrogens with one attached hydrogen (secondary N) is 1. The Morgan fingerprint density at radius 3 is 2.76 bits per heavy atom. The van der Waals surface area contributed by atoms with E-state index >= 15 is 0 Å². The molecule has 9 heteroatoms. The lowest BCUT2D eigenvalue weighted by atomic mass is 10.2. The topological polar surface area (TPSA) is 86.0 Å². The number of carbonyl (C=O) groups is 1. The van der Waals surface area contributed by atoms with E-state index in [1.165, 1.54) is 11.8 Å². The molecule has 0 saturated heterocycles. The largest absolute Gasteiger partial charge is 0.493 e. The number of ether oxygens (including phenoxy) is 2. The molecule has 168 valence electrons. The molecule has 0 aliphatic heterocycles. The second-order valence-electron chi connectivity index (χ2n) is 6.84. The lowest BCUT2D eigenvalue weighted by Crippen LogP contribution is -2.19. The molecule has 0 aliphatic rings. The van der Waals surface area contributed by atoms with Gasteiger partial charge in [0.1, 0.15) is 12.1 Å². The molecule has 33 heavy (non-hydrogen) atoms. The van der Waals surface area contributed by atoms with E-state index in [2.05, 4.69) is 38.1 Å². The Balaban J connectivity index is 1.33. The van der Waals surface area contributed by atoms with Gasteiger partial charge in [-0.25, -0.2) is 10.4 Å². The number of rotatable bonds is 9. The Bertz CT molecular complexity index is 1240. The summed E-state index contributed by atoms with van der Waals surface area (Å²) in [5, 5.41) is 4.49. The smallest absolute Gasteiger partial charge is 0.257 e. The third kappa shape index (κ3) is 6.26. The summed E-state index contributed by atoms with van der Waals surface area (Å²) >= 11 is 3.41. The molecule has 7 nitrogen and oxygen atoms in total. The summed E-state index contributed by atoms with van der Waals surface area (Å²) in [7, 11) is 1.59. The Labute approximate surface area is 208 Å².